The average molecular weight is 228 g/mol. The number of amides is 1. The zero-order valence-electron chi connectivity index (χ0n) is 10.3. The first kappa shape index (κ1) is 13.4. The highest BCUT2D eigenvalue weighted by atomic mass is 16.1. The van der Waals surface area contributed by atoms with Crippen molar-refractivity contribution in [2.45, 2.75) is 31.8 Å². The number of carbonyl (C=O) groups is 1. The van der Waals surface area contributed by atoms with E-state index in [0.717, 1.165) is 25.9 Å². The monoisotopic (exact) mass is 228 g/mol. The Labute approximate surface area is 97.7 Å². The molecule has 1 aliphatic rings. The second-order valence-electron chi connectivity index (χ2n) is 4.53. The Morgan fingerprint density at radius 3 is 2.62 bits per heavy atom. The lowest BCUT2D eigenvalue weighted by atomic mass is 10.0. The van der Waals surface area contributed by atoms with Crippen molar-refractivity contribution in [1.82, 2.24) is 15.5 Å². The van der Waals surface area contributed by atoms with Crippen LogP contribution in [0.1, 0.15) is 19.8 Å². The highest BCUT2D eigenvalue weighted by Gasteiger charge is 2.20. The Balaban J connectivity index is 2.20. The van der Waals surface area contributed by atoms with Crippen molar-refractivity contribution in [1.29, 1.82) is 0 Å². The molecule has 0 radical (unpaired) electrons. The number of carbonyl (C=O) groups excluding carboxylic acids is 1. The summed E-state index contributed by atoms with van der Waals surface area (Å²) in [5, 5.41) is 6.16. The van der Waals surface area contributed by atoms with Crippen LogP contribution < -0.4 is 16.4 Å². The smallest absolute Gasteiger partial charge is 0.233 e. The van der Waals surface area contributed by atoms with Gasteiger partial charge in [-0.1, -0.05) is 0 Å². The first-order valence-electron chi connectivity index (χ1n) is 6.04. The molecular weight excluding hydrogens is 204 g/mol. The number of hydrogen-bond acceptors (Lipinski definition) is 4. The molecular formula is C11H24N4O. The van der Waals surface area contributed by atoms with Crippen molar-refractivity contribution < 1.29 is 4.79 Å². The van der Waals surface area contributed by atoms with Gasteiger partial charge in [0.05, 0.1) is 6.54 Å². The van der Waals surface area contributed by atoms with E-state index in [1.165, 1.54) is 0 Å². The van der Waals surface area contributed by atoms with Gasteiger partial charge in [-0.05, 0) is 19.8 Å². The van der Waals surface area contributed by atoms with Crippen LogP contribution in [0.3, 0.4) is 0 Å². The SMILES string of the molecule is CNC(=O)CN1CCC(NC(C)CN)CC1. The number of piperidine rings is 1. The number of likely N-dealkylation sites (tertiary alicyclic amines) is 1. The van der Waals surface area contributed by atoms with Gasteiger partial charge in [0.1, 0.15) is 0 Å². The zero-order chi connectivity index (χ0) is 12.0. The molecule has 0 saturated carbocycles. The molecule has 1 rings (SSSR count). The van der Waals surface area contributed by atoms with Crippen molar-refractivity contribution in [2.75, 3.05) is 33.2 Å². The van der Waals surface area contributed by atoms with Crippen LogP contribution in [0.2, 0.25) is 0 Å². The quantitative estimate of drug-likeness (QED) is 0.572. The fourth-order valence-electron chi connectivity index (χ4n) is 2.01. The molecule has 1 heterocycles. The molecule has 0 bridgehead atoms. The van der Waals surface area contributed by atoms with Gasteiger partial charge in [0.15, 0.2) is 0 Å². The van der Waals surface area contributed by atoms with Crippen LogP contribution in [-0.2, 0) is 4.79 Å². The van der Waals surface area contributed by atoms with E-state index in [4.69, 9.17) is 5.73 Å². The number of hydrogen-bond donors (Lipinski definition) is 3. The minimum atomic E-state index is 0.0988. The van der Waals surface area contributed by atoms with Crippen LogP contribution in [0, 0.1) is 0 Å². The van der Waals surface area contributed by atoms with Gasteiger partial charge in [-0.2, -0.15) is 0 Å². The molecule has 94 valence electrons. The molecule has 1 atom stereocenters. The maximum absolute atomic E-state index is 11.2. The summed E-state index contributed by atoms with van der Waals surface area (Å²) in [7, 11) is 1.68. The normalized spacial score (nSPS) is 20.7. The van der Waals surface area contributed by atoms with Crippen molar-refractivity contribution >= 4 is 5.91 Å². The molecule has 0 aromatic heterocycles. The number of nitrogens with one attached hydrogen (secondary N) is 2. The third-order valence-corrected chi connectivity index (χ3v) is 3.11. The van der Waals surface area contributed by atoms with Gasteiger partial charge >= 0.3 is 0 Å². The molecule has 1 aliphatic heterocycles. The third-order valence-electron chi connectivity index (χ3n) is 3.11. The van der Waals surface area contributed by atoms with Crippen molar-refractivity contribution in [3.05, 3.63) is 0 Å². The molecule has 1 fully saturated rings. The largest absolute Gasteiger partial charge is 0.358 e. The number of likely N-dealkylation sites (N-methyl/N-ethyl adjacent to an activating group) is 1. The lowest BCUT2D eigenvalue weighted by Gasteiger charge is -2.33. The lowest BCUT2D eigenvalue weighted by molar-refractivity contribution is -0.122. The molecule has 4 N–H and O–H groups in total. The van der Waals surface area contributed by atoms with E-state index in [1.54, 1.807) is 7.05 Å². The Kier molecular flexibility index (Phi) is 5.73. The van der Waals surface area contributed by atoms with Gasteiger partial charge in [0.2, 0.25) is 5.91 Å². The van der Waals surface area contributed by atoms with E-state index < -0.39 is 0 Å². The molecule has 0 aromatic carbocycles. The van der Waals surface area contributed by atoms with E-state index in [-0.39, 0.29) is 5.91 Å². The first-order chi connectivity index (χ1) is 7.65. The van der Waals surface area contributed by atoms with Crippen molar-refractivity contribution in [3.8, 4) is 0 Å². The molecule has 1 amide bonds. The Morgan fingerprint density at radius 2 is 2.12 bits per heavy atom. The number of nitrogens with two attached hydrogens (primary N) is 1. The molecule has 0 spiro atoms. The van der Waals surface area contributed by atoms with Gasteiger partial charge in [-0.25, -0.2) is 0 Å². The highest BCUT2D eigenvalue weighted by molar-refractivity contribution is 5.77. The second-order valence-corrected chi connectivity index (χ2v) is 4.53. The fraction of sp³-hybridized carbons (Fsp3) is 0.909. The summed E-state index contributed by atoms with van der Waals surface area (Å²) >= 11 is 0. The standard InChI is InChI=1S/C11H24N4O/c1-9(7-12)14-10-3-5-15(6-4-10)8-11(16)13-2/h9-10,14H,3-8,12H2,1-2H3,(H,13,16). The molecule has 1 saturated heterocycles. The summed E-state index contributed by atoms with van der Waals surface area (Å²) < 4.78 is 0. The molecule has 16 heavy (non-hydrogen) atoms. The summed E-state index contributed by atoms with van der Waals surface area (Å²) in [4.78, 5) is 13.4. The van der Waals surface area contributed by atoms with Crippen LogP contribution in [0.25, 0.3) is 0 Å². The topological polar surface area (TPSA) is 70.4 Å². The zero-order valence-corrected chi connectivity index (χ0v) is 10.3. The summed E-state index contributed by atoms with van der Waals surface area (Å²) in [6.45, 7) is 5.29. The Morgan fingerprint density at radius 1 is 1.50 bits per heavy atom. The molecule has 5 heteroatoms. The first-order valence-corrected chi connectivity index (χ1v) is 6.04. The minimum absolute atomic E-state index is 0.0988. The molecule has 5 nitrogen and oxygen atoms in total. The van der Waals surface area contributed by atoms with E-state index in [9.17, 15) is 4.79 Å². The minimum Gasteiger partial charge on any atom is -0.358 e. The summed E-state index contributed by atoms with van der Waals surface area (Å²) in [6.07, 6.45) is 2.20. The fourth-order valence-corrected chi connectivity index (χ4v) is 2.01. The molecule has 0 aromatic rings. The summed E-state index contributed by atoms with van der Waals surface area (Å²) in [6, 6.07) is 0.940. The van der Waals surface area contributed by atoms with Gasteiger partial charge in [0.25, 0.3) is 0 Å². The van der Waals surface area contributed by atoms with Crippen LogP contribution in [0.5, 0.6) is 0 Å². The predicted octanol–water partition coefficient (Wildman–Crippen LogP) is -0.866. The number of nitrogens with zero attached hydrogens (tertiary/aromatic N) is 1. The average Bonchev–Trinajstić information content (AvgIpc) is 2.31. The van der Waals surface area contributed by atoms with Gasteiger partial charge in [-0.15, -0.1) is 0 Å². The summed E-state index contributed by atoms with van der Waals surface area (Å²) in [5.41, 5.74) is 5.57. The predicted molar refractivity (Wildman–Crippen MR) is 65.2 cm³/mol. The Hall–Kier alpha value is -0.650. The van der Waals surface area contributed by atoms with Crippen LogP contribution in [0.4, 0.5) is 0 Å². The molecule has 1 unspecified atom stereocenters. The van der Waals surface area contributed by atoms with E-state index in [0.29, 0.717) is 25.2 Å². The maximum atomic E-state index is 11.2. The van der Waals surface area contributed by atoms with E-state index in [1.807, 2.05) is 0 Å². The Bertz CT molecular complexity index is 214. The lowest BCUT2D eigenvalue weighted by Crippen LogP contribution is -2.49. The van der Waals surface area contributed by atoms with Gasteiger partial charge in [-0.3, -0.25) is 9.69 Å². The second kappa shape index (κ2) is 6.83. The van der Waals surface area contributed by atoms with Crippen LogP contribution in [-0.4, -0.2) is 56.1 Å². The maximum Gasteiger partial charge on any atom is 0.233 e. The summed E-state index contributed by atoms with van der Waals surface area (Å²) in [5.74, 6) is 0.0988. The third kappa shape index (κ3) is 4.47. The van der Waals surface area contributed by atoms with Gasteiger partial charge < -0.3 is 16.4 Å². The highest BCUT2D eigenvalue weighted by Crippen LogP contribution is 2.10. The van der Waals surface area contributed by atoms with Crippen LogP contribution in [0.15, 0.2) is 0 Å². The van der Waals surface area contributed by atoms with E-state index in [2.05, 4.69) is 22.5 Å². The van der Waals surface area contributed by atoms with Crippen molar-refractivity contribution in [3.63, 3.8) is 0 Å². The van der Waals surface area contributed by atoms with Gasteiger partial charge in [0, 0.05) is 38.8 Å². The van der Waals surface area contributed by atoms with Crippen molar-refractivity contribution in [2.24, 2.45) is 5.73 Å². The van der Waals surface area contributed by atoms with E-state index >= 15 is 0 Å². The van der Waals surface area contributed by atoms with Crippen LogP contribution >= 0.6 is 0 Å². The molecule has 0 aliphatic carbocycles. The number of rotatable bonds is 5.